The number of carboxylic acid groups (broad SMARTS) is 1. The molecule has 0 aliphatic heterocycles. The largest absolute Gasteiger partial charge is 0.480 e. The first kappa shape index (κ1) is 14.3. The van der Waals surface area contributed by atoms with Crippen LogP contribution in [0.1, 0.15) is 30.9 Å². The Morgan fingerprint density at radius 1 is 1.35 bits per heavy atom. The molecule has 1 amide bonds. The molecule has 1 unspecified atom stereocenters. The van der Waals surface area contributed by atoms with E-state index >= 15 is 0 Å². The van der Waals surface area contributed by atoms with Crippen molar-refractivity contribution in [1.82, 2.24) is 5.32 Å². The maximum Gasteiger partial charge on any atom is 0.329 e. The molecule has 0 radical (unpaired) electrons. The summed E-state index contributed by atoms with van der Waals surface area (Å²) in [4.78, 5) is 23.2. The first-order valence-electron chi connectivity index (χ1n) is 6.73. The summed E-state index contributed by atoms with van der Waals surface area (Å²) in [5.41, 5.74) is 0.860. The smallest absolute Gasteiger partial charge is 0.329 e. The normalized spacial score (nSPS) is 17.7. The van der Waals surface area contributed by atoms with E-state index in [-0.39, 0.29) is 11.8 Å². The summed E-state index contributed by atoms with van der Waals surface area (Å²) in [7, 11) is 0. The Hall–Kier alpha value is -2.10. The lowest BCUT2D eigenvalue weighted by molar-refractivity contribution is -0.147. The van der Waals surface area contributed by atoms with Crippen LogP contribution in [0.15, 0.2) is 30.3 Å². The zero-order valence-electron chi connectivity index (χ0n) is 11.7. The number of carbonyl (C=O) groups excluding carboxylic acids is 1. The van der Waals surface area contributed by atoms with Crippen molar-refractivity contribution in [1.29, 1.82) is 0 Å². The third-order valence-corrected chi connectivity index (χ3v) is 3.82. The number of carbonyl (C=O) groups is 2. The van der Waals surface area contributed by atoms with Crippen molar-refractivity contribution in [3.8, 4) is 0 Å². The summed E-state index contributed by atoms with van der Waals surface area (Å²) in [6, 6.07) is 7.71. The highest BCUT2D eigenvalue weighted by Gasteiger charge is 2.48. The summed E-state index contributed by atoms with van der Waals surface area (Å²) in [5.74, 6) is -1.31. The molecule has 1 aromatic rings. The maximum absolute atomic E-state index is 11.9. The number of hydrogen-bond donors (Lipinski definition) is 2. The van der Waals surface area contributed by atoms with Crippen LogP contribution in [0.2, 0.25) is 0 Å². The number of aryl methyl sites for hydroxylation is 1. The van der Waals surface area contributed by atoms with E-state index in [4.69, 9.17) is 0 Å². The maximum atomic E-state index is 11.9. The molecule has 1 saturated carbocycles. The van der Waals surface area contributed by atoms with Crippen molar-refractivity contribution in [2.45, 2.75) is 32.2 Å². The molecule has 0 spiro atoms. The predicted molar refractivity (Wildman–Crippen MR) is 77.1 cm³/mol. The lowest BCUT2D eigenvalue weighted by atomic mass is 9.96. The van der Waals surface area contributed by atoms with E-state index in [0.717, 1.165) is 24.0 Å². The van der Waals surface area contributed by atoms with Crippen molar-refractivity contribution in [3.05, 3.63) is 41.5 Å². The minimum absolute atomic E-state index is 0.0378. The van der Waals surface area contributed by atoms with Crippen molar-refractivity contribution < 1.29 is 14.7 Å². The fourth-order valence-electron chi connectivity index (χ4n) is 2.23. The van der Waals surface area contributed by atoms with Crippen molar-refractivity contribution in [2.75, 3.05) is 0 Å². The molecular formula is C16H19NO3. The molecule has 1 aliphatic rings. The van der Waals surface area contributed by atoms with Gasteiger partial charge in [-0.25, -0.2) is 4.79 Å². The Labute approximate surface area is 118 Å². The molecular weight excluding hydrogens is 254 g/mol. The molecule has 4 nitrogen and oxygen atoms in total. The van der Waals surface area contributed by atoms with E-state index in [1.165, 1.54) is 6.08 Å². The molecule has 106 valence electrons. The fraction of sp³-hybridized carbons (Fsp3) is 0.375. The SMILES string of the molecule is Cc1ccccc1/C=C/C(=O)NC(C)(C(=O)O)C1CC1. The van der Waals surface area contributed by atoms with Gasteiger partial charge in [-0.2, -0.15) is 0 Å². The summed E-state index contributed by atoms with van der Waals surface area (Å²) < 4.78 is 0. The van der Waals surface area contributed by atoms with Crippen LogP contribution in [0, 0.1) is 12.8 Å². The topological polar surface area (TPSA) is 66.4 Å². The Balaban J connectivity index is 2.05. The lowest BCUT2D eigenvalue weighted by Crippen LogP contribution is -2.53. The average Bonchev–Trinajstić information content (AvgIpc) is 3.22. The molecule has 0 bridgehead atoms. The lowest BCUT2D eigenvalue weighted by Gasteiger charge is -2.25. The molecule has 0 saturated heterocycles. The van der Waals surface area contributed by atoms with E-state index in [9.17, 15) is 14.7 Å². The number of nitrogens with one attached hydrogen (secondary N) is 1. The molecule has 1 aromatic carbocycles. The Bertz CT molecular complexity index is 561. The molecule has 0 aromatic heterocycles. The van der Waals surface area contributed by atoms with Gasteiger partial charge in [0, 0.05) is 6.08 Å². The van der Waals surface area contributed by atoms with Crippen LogP contribution < -0.4 is 5.32 Å². The standard InChI is InChI=1S/C16H19NO3/c1-11-5-3-4-6-12(11)7-10-14(18)17-16(2,15(19)20)13-8-9-13/h3-7,10,13H,8-9H2,1-2H3,(H,17,18)(H,19,20)/b10-7+. The molecule has 1 aliphatic carbocycles. The Morgan fingerprint density at radius 3 is 2.55 bits per heavy atom. The van der Waals surface area contributed by atoms with E-state index in [1.807, 2.05) is 31.2 Å². The van der Waals surface area contributed by atoms with Gasteiger partial charge >= 0.3 is 5.97 Å². The zero-order valence-corrected chi connectivity index (χ0v) is 11.7. The molecule has 20 heavy (non-hydrogen) atoms. The molecule has 2 rings (SSSR count). The predicted octanol–water partition coefficient (Wildman–Crippen LogP) is 2.38. The van der Waals surface area contributed by atoms with Gasteiger partial charge in [0.05, 0.1) is 0 Å². The van der Waals surface area contributed by atoms with Crippen LogP contribution in [0.25, 0.3) is 6.08 Å². The van der Waals surface area contributed by atoms with Gasteiger partial charge in [-0.05, 0) is 49.8 Å². The highest BCUT2D eigenvalue weighted by molar-refractivity contribution is 5.96. The average molecular weight is 273 g/mol. The fourth-order valence-corrected chi connectivity index (χ4v) is 2.23. The highest BCUT2D eigenvalue weighted by Crippen LogP contribution is 2.39. The zero-order chi connectivity index (χ0) is 14.8. The van der Waals surface area contributed by atoms with Crippen LogP contribution in [0.3, 0.4) is 0 Å². The van der Waals surface area contributed by atoms with Crippen molar-refractivity contribution in [2.24, 2.45) is 5.92 Å². The van der Waals surface area contributed by atoms with Crippen molar-refractivity contribution >= 4 is 18.0 Å². The second-order valence-corrected chi connectivity index (χ2v) is 5.46. The number of carboxylic acids is 1. The van der Waals surface area contributed by atoms with E-state index < -0.39 is 11.5 Å². The van der Waals surface area contributed by atoms with Gasteiger partial charge in [0.15, 0.2) is 0 Å². The van der Waals surface area contributed by atoms with Gasteiger partial charge in [0.1, 0.15) is 5.54 Å². The third-order valence-electron chi connectivity index (χ3n) is 3.82. The highest BCUT2D eigenvalue weighted by atomic mass is 16.4. The van der Waals surface area contributed by atoms with Crippen LogP contribution in [0.4, 0.5) is 0 Å². The van der Waals surface area contributed by atoms with Gasteiger partial charge in [-0.3, -0.25) is 4.79 Å². The minimum Gasteiger partial charge on any atom is -0.480 e. The molecule has 2 N–H and O–H groups in total. The van der Waals surface area contributed by atoms with Crippen LogP contribution >= 0.6 is 0 Å². The van der Waals surface area contributed by atoms with E-state index in [1.54, 1.807) is 13.0 Å². The van der Waals surface area contributed by atoms with Gasteiger partial charge in [-0.1, -0.05) is 24.3 Å². The van der Waals surface area contributed by atoms with Gasteiger partial charge in [-0.15, -0.1) is 0 Å². The third kappa shape index (κ3) is 3.07. The van der Waals surface area contributed by atoms with Crippen LogP contribution in [-0.4, -0.2) is 22.5 Å². The Kier molecular flexibility index (Phi) is 3.93. The molecule has 1 atom stereocenters. The minimum atomic E-state index is -1.16. The van der Waals surface area contributed by atoms with E-state index in [2.05, 4.69) is 5.32 Å². The van der Waals surface area contributed by atoms with Crippen LogP contribution in [-0.2, 0) is 9.59 Å². The number of aliphatic carboxylic acids is 1. The first-order valence-corrected chi connectivity index (χ1v) is 6.73. The van der Waals surface area contributed by atoms with Crippen molar-refractivity contribution in [3.63, 3.8) is 0 Å². The summed E-state index contributed by atoms with van der Waals surface area (Å²) in [6.07, 6.45) is 4.81. The molecule has 1 fully saturated rings. The van der Waals surface area contributed by atoms with E-state index in [0.29, 0.717) is 0 Å². The summed E-state index contributed by atoms with van der Waals surface area (Å²) in [6.45, 7) is 3.54. The van der Waals surface area contributed by atoms with Gasteiger partial charge < -0.3 is 10.4 Å². The summed E-state index contributed by atoms with van der Waals surface area (Å²) >= 11 is 0. The monoisotopic (exact) mass is 273 g/mol. The quantitative estimate of drug-likeness (QED) is 0.809. The Morgan fingerprint density at radius 2 is 2.00 bits per heavy atom. The van der Waals surface area contributed by atoms with Crippen LogP contribution in [0.5, 0.6) is 0 Å². The second kappa shape index (κ2) is 5.49. The number of hydrogen-bond acceptors (Lipinski definition) is 2. The molecule has 0 heterocycles. The number of amides is 1. The number of rotatable bonds is 5. The summed E-state index contributed by atoms with van der Waals surface area (Å²) in [5, 5.41) is 11.9. The van der Waals surface area contributed by atoms with Gasteiger partial charge in [0.25, 0.3) is 0 Å². The number of benzene rings is 1. The van der Waals surface area contributed by atoms with Gasteiger partial charge in [0.2, 0.25) is 5.91 Å². The first-order chi connectivity index (χ1) is 9.43. The second-order valence-electron chi connectivity index (χ2n) is 5.46. The molecule has 4 heteroatoms.